The zero-order chi connectivity index (χ0) is 20.5. The first-order chi connectivity index (χ1) is 14.0. The van der Waals surface area contributed by atoms with Crippen LogP contribution < -0.4 is 10.6 Å². The Morgan fingerprint density at radius 1 is 1.24 bits per heavy atom. The maximum absolute atomic E-state index is 14.4. The summed E-state index contributed by atoms with van der Waals surface area (Å²) in [7, 11) is 0. The SMILES string of the molecule is C=CC(=O)N1CCN(c2nc(=O)n(-c3ccccc3F)c3ncccc23)[C@@H](C)C1. The first-order valence-corrected chi connectivity index (χ1v) is 9.32. The van der Waals surface area contributed by atoms with Gasteiger partial charge in [0.2, 0.25) is 5.91 Å². The second-order valence-corrected chi connectivity index (χ2v) is 6.91. The molecule has 1 saturated heterocycles. The summed E-state index contributed by atoms with van der Waals surface area (Å²) in [5, 5.41) is 0.644. The minimum atomic E-state index is -0.604. The number of amides is 1. The number of carbonyl (C=O) groups excluding carboxylic acids is 1. The van der Waals surface area contributed by atoms with E-state index in [0.29, 0.717) is 36.5 Å². The van der Waals surface area contributed by atoms with Crippen LogP contribution in [0.1, 0.15) is 6.92 Å². The molecule has 1 aliphatic rings. The highest BCUT2D eigenvalue weighted by Gasteiger charge is 2.29. The Hall–Kier alpha value is -3.55. The van der Waals surface area contributed by atoms with Crippen molar-refractivity contribution >= 4 is 22.8 Å². The number of aromatic nitrogens is 3. The molecule has 0 N–H and O–H groups in total. The van der Waals surface area contributed by atoms with Crippen LogP contribution in [-0.4, -0.2) is 51.0 Å². The van der Waals surface area contributed by atoms with Crippen molar-refractivity contribution in [1.29, 1.82) is 0 Å². The van der Waals surface area contributed by atoms with Gasteiger partial charge in [0.25, 0.3) is 0 Å². The van der Waals surface area contributed by atoms with E-state index in [1.807, 2.05) is 17.9 Å². The van der Waals surface area contributed by atoms with Gasteiger partial charge in [0.15, 0.2) is 5.65 Å². The predicted molar refractivity (Wildman–Crippen MR) is 109 cm³/mol. The van der Waals surface area contributed by atoms with Crippen LogP contribution in [0.3, 0.4) is 0 Å². The molecular formula is C21H20FN5O2. The predicted octanol–water partition coefficient (Wildman–Crippen LogP) is 2.14. The number of nitrogens with zero attached hydrogens (tertiary/aromatic N) is 5. The number of hydrogen-bond acceptors (Lipinski definition) is 5. The largest absolute Gasteiger partial charge is 0.355 e. The van der Waals surface area contributed by atoms with Crippen molar-refractivity contribution in [2.45, 2.75) is 13.0 Å². The molecular weight excluding hydrogens is 373 g/mol. The van der Waals surface area contributed by atoms with E-state index in [4.69, 9.17) is 0 Å². The lowest BCUT2D eigenvalue weighted by atomic mass is 10.1. The topological polar surface area (TPSA) is 71.3 Å². The van der Waals surface area contributed by atoms with E-state index < -0.39 is 11.5 Å². The Morgan fingerprint density at radius 2 is 2.03 bits per heavy atom. The van der Waals surface area contributed by atoms with Gasteiger partial charge < -0.3 is 9.80 Å². The molecule has 0 saturated carbocycles. The number of pyridine rings is 1. The van der Waals surface area contributed by atoms with Gasteiger partial charge >= 0.3 is 5.69 Å². The lowest BCUT2D eigenvalue weighted by Gasteiger charge is -2.40. The van der Waals surface area contributed by atoms with Crippen molar-refractivity contribution in [2.75, 3.05) is 24.5 Å². The molecule has 1 fully saturated rings. The molecule has 8 heteroatoms. The molecule has 1 amide bonds. The molecule has 0 aliphatic carbocycles. The number of para-hydroxylation sites is 1. The molecule has 3 aromatic rings. The lowest BCUT2D eigenvalue weighted by Crippen LogP contribution is -2.54. The third-order valence-corrected chi connectivity index (χ3v) is 5.11. The summed E-state index contributed by atoms with van der Waals surface area (Å²) >= 11 is 0. The minimum absolute atomic E-state index is 0.0627. The zero-order valence-electron chi connectivity index (χ0n) is 16.0. The van der Waals surface area contributed by atoms with E-state index in [0.717, 1.165) is 0 Å². The van der Waals surface area contributed by atoms with Crippen molar-refractivity contribution in [3.8, 4) is 5.69 Å². The molecule has 1 atom stereocenters. The van der Waals surface area contributed by atoms with Gasteiger partial charge in [0.1, 0.15) is 11.6 Å². The highest BCUT2D eigenvalue weighted by molar-refractivity contribution is 5.89. The summed E-state index contributed by atoms with van der Waals surface area (Å²) in [6, 6.07) is 9.55. The van der Waals surface area contributed by atoms with Crippen molar-refractivity contribution in [2.24, 2.45) is 0 Å². The molecule has 0 unspecified atom stereocenters. The van der Waals surface area contributed by atoms with Gasteiger partial charge in [-0.25, -0.2) is 18.7 Å². The fourth-order valence-electron chi connectivity index (χ4n) is 3.71. The van der Waals surface area contributed by atoms with Crippen LogP contribution in [0.4, 0.5) is 10.2 Å². The molecule has 0 bridgehead atoms. The fourth-order valence-corrected chi connectivity index (χ4v) is 3.71. The lowest BCUT2D eigenvalue weighted by molar-refractivity contribution is -0.126. The Morgan fingerprint density at radius 3 is 2.76 bits per heavy atom. The maximum Gasteiger partial charge on any atom is 0.355 e. The molecule has 3 heterocycles. The number of hydrogen-bond donors (Lipinski definition) is 0. The van der Waals surface area contributed by atoms with Gasteiger partial charge in [-0.2, -0.15) is 4.98 Å². The highest BCUT2D eigenvalue weighted by Crippen LogP contribution is 2.27. The first-order valence-electron chi connectivity index (χ1n) is 9.32. The van der Waals surface area contributed by atoms with Crippen LogP contribution in [0, 0.1) is 5.82 Å². The van der Waals surface area contributed by atoms with Crippen molar-refractivity contribution in [3.05, 3.63) is 71.6 Å². The van der Waals surface area contributed by atoms with Crippen LogP contribution in [0.2, 0.25) is 0 Å². The Kier molecular flexibility index (Phi) is 4.84. The van der Waals surface area contributed by atoms with E-state index in [1.165, 1.54) is 22.8 Å². The number of anilines is 1. The van der Waals surface area contributed by atoms with Gasteiger partial charge in [-0.3, -0.25) is 4.79 Å². The first kappa shape index (κ1) is 18.8. The van der Waals surface area contributed by atoms with E-state index >= 15 is 0 Å². The molecule has 0 spiro atoms. The number of benzene rings is 1. The molecule has 0 radical (unpaired) electrons. The summed E-state index contributed by atoms with van der Waals surface area (Å²) in [5.74, 6) is -0.157. The highest BCUT2D eigenvalue weighted by atomic mass is 19.1. The number of carbonyl (C=O) groups is 1. The summed E-state index contributed by atoms with van der Waals surface area (Å²) in [6.07, 6.45) is 2.86. The quantitative estimate of drug-likeness (QED) is 0.638. The standard InChI is InChI=1S/C21H20FN5O2/c1-3-18(28)25-11-12-26(14(2)13-25)20-15-7-6-10-23-19(15)27(21(29)24-20)17-9-5-4-8-16(17)22/h3-10,14H,1,11-13H2,2H3/t14-/m0/s1. The smallest absolute Gasteiger partial charge is 0.350 e. The van der Waals surface area contributed by atoms with Crippen LogP contribution >= 0.6 is 0 Å². The number of rotatable bonds is 3. The van der Waals surface area contributed by atoms with E-state index in [1.54, 1.807) is 29.3 Å². The van der Waals surface area contributed by atoms with Crippen LogP contribution in [0.25, 0.3) is 16.7 Å². The van der Waals surface area contributed by atoms with E-state index in [2.05, 4.69) is 16.5 Å². The van der Waals surface area contributed by atoms with Gasteiger partial charge in [0, 0.05) is 31.9 Å². The third kappa shape index (κ3) is 3.26. The van der Waals surface area contributed by atoms with Crippen LogP contribution in [-0.2, 0) is 4.79 Å². The Bertz CT molecular complexity index is 1160. The second-order valence-electron chi connectivity index (χ2n) is 6.91. The molecule has 4 rings (SSSR count). The Balaban J connectivity index is 1.83. The molecule has 29 heavy (non-hydrogen) atoms. The van der Waals surface area contributed by atoms with Crippen molar-refractivity contribution < 1.29 is 9.18 Å². The number of fused-ring (bicyclic) bond motifs is 1. The van der Waals surface area contributed by atoms with Crippen molar-refractivity contribution in [1.82, 2.24) is 19.4 Å². The third-order valence-electron chi connectivity index (χ3n) is 5.11. The van der Waals surface area contributed by atoms with E-state index in [-0.39, 0.29) is 17.6 Å². The fraction of sp³-hybridized carbons (Fsp3) is 0.238. The second kappa shape index (κ2) is 7.46. The van der Waals surface area contributed by atoms with Gasteiger partial charge in [-0.15, -0.1) is 0 Å². The molecule has 148 valence electrons. The number of piperazine rings is 1. The molecule has 2 aromatic heterocycles. The zero-order valence-corrected chi connectivity index (χ0v) is 16.0. The average molecular weight is 393 g/mol. The monoisotopic (exact) mass is 393 g/mol. The summed E-state index contributed by atoms with van der Waals surface area (Å²) in [5.41, 5.74) is -0.160. The van der Waals surface area contributed by atoms with Crippen LogP contribution in [0.15, 0.2) is 60.0 Å². The van der Waals surface area contributed by atoms with E-state index in [9.17, 15) is 14.0 Å². The van der Waals surface area contributed by atoms with Gasteiger partial charge in [-0.05, 0) is 37.3 Å². The van der Waals surface area contributed by atoms with Crippen LogP contribution in [0.5, 0.6) is 0 Å². The molecule has 7 nitrogen and oxygen atoms in total. The van der Waals surface area contributed by atoms with Gasteiger partial charge in [-0.1, -0.05) is 18.7 Å². The molecule has 1 aromatic carbocycles. The summed E-state index contributed by atoms with van der Waals surface area (Å²) in [4.78, 5) is 37.2. The Labute approximate surface area is 166 Å². The van der Waals surface area contributed by atoms with Crippen molar-refractivity contribution in [3.63, 3.8) is 0 Å². The average Bonchev–Trinajstić information content (AvgIpc) is 2.73. The number of halogens is 1. The molecule has 1 aliphatic heterocycles. The minimum Gasteiger partial charge on any atom is -0.350 e. The normalized spacial score (nSPS) is 16.8. The van der Waals surface area contributed by atoms with Gasteiger partial charge in [0.05, 0.1) is 11.1 Å². The summed E-state index contributed by atoms with van der Waals surface area (Å²) < 4.78 is 15.6. The maximum atomic E-state index is 14.4. The summed E-state index contributed by atoms with van der Waals surface area (Å²) in [6.45, 7) is 7.00.